The fraction of sp³-hybridized carbons (Fsp3) is 0.0588. The number of benzene rings is 2. The molecule has 110 valence electrons. The average molecular weight is 296 g/mol. The first kappa shape index (κ1) is 13.9. The highest BCUT2D eigenvalue weighted by Crippen LogP contribution is 2.24. The van der Waals surface area contributed by atoms with Crippen LogP contribution in [-0.4, -0.2) is 11.1 Å². The first-order valence-electron chi connectivity index (χ1n) is 6.61. The Labute approximate surface area is 125 Å². The van der Waals surface area contributed by atoms with Crippen LogP contribution in [0.15, 0.2) is 64.0 Å². The zero-order valence-corrected chi connectivity index (χ0v) is 11.5. The van der Waals surface area contributed by atoms with Crippen molar-refractivity contribution in [3.63, 3.8) is 0 Å². The van der Waals surface area contributed by atoms with Crippen molar-refractivity contribution in [1.82, 2.24) is 0 Å². The first-order chi connectivity index (χ1) is 10.7. The number of rotatable bonds is 4. The van der Waals surface area contributed by atoms with Gasteiger partial charge in [-0.1, -0.05) is 36.4 Å². The van der Waals surface area contributed by atoms with Gasteiger partial charge < -0.3 is 14.3 Å². The van der Waals surface area contributed by atoms with E-state index in [1.807, 2.05) is 30.3 Å². The number of ether oxygens (including phenoxy) is 1. The van der Waals surface area contributed by atoms with Gasteiger partial charge in [-0.05, 0) is 17.7 Å². The van der Waals surface area contributed by atoms with Crippen LogP contribution in [0.5, 0.6) is 5.75 Å². The number of hydrogen-bond acceptors (Lipinski definition) is 4. The summed E-state index contributed by atoms with van der Waals surface area (Å²) < 4.78 is 10.9. The van der Waals surface area contributed by atoms with Crippen LogP contribution in [0, 0.1) is 0 Å². The van der Waals surface area contributed by atoms with Gasteiger partial charge in [-0.2, -0.15) is 0 Å². The Hall–Kier alpha value is -3.08. The van der Waals surface area contributed by atoms with Crippen molar-refractivity contribution in [2.75, 3.05) is 0 Å². The monoisotopic (exact) mass is 296 g/mol. The molecule has 3 aromatic rings. The van der Waals surface area contributed by atoms with Gasteiger partial charge in [0.15, 0.2) is 0 Å². The third-order valence-electron chi connectivity index (χ3n) is 3.23. The molecule has 0 aliphatic rings. The SMILES string of the molecule is O=C(O)c1coc2cccc(OCc3ccccc3)c2c1=O. The number of fused-ring (bicyclic) bond motifs is 1. The van der Waals surface area contributed by atoms with Gasteiger partial charge in [-0.15, -0.1) is 0 Å². The van der Waals surface area contributed by atoms with E-state index in [0.29, 0.717) is 11.3 Å². The second kappa shape index (κ2) is 5.73. The van der Waals surface area contributed by atoms with E-state index in [9.17, 15) is 9.59 Å². The van der Waals surface area contributed by atoms with Gasteiger partial charge in [0.2, 0.25) is 5.43 Å². The Kier molecular flexibility index (Phi) is 3.62. The van der Waals surface area contributed by atoms with Crippen LogP contribution in [0.4, 0.5) is 0 Å². The second-order valence-electron chi connectivity index (χ2n) is 4.69. The van der Waals surface area contributed by atoms with E-state index in [-0.39, 0.29) is 12.0 Å². The fourth-order valence-electron chi connectivity index (χ4n) is 2.15. The van der Waals surface area contributed by atoms with Crippen LogP contribution in [0.2, 0.25) is 0 Å². The highest BCUT2D eigenvalue weighted by Gasteiger charge is 2.16. The van der Waals surface area contributed by atoms with Gasteiger partial charge in [-0.25, -0.2) is 4.79 Å². The molecule has 2 aromatic carbocycles. The lowest BCUT2D eigenvalue weighted by Crippen LogP contribution is -2.15. The van der Waals surface area contributed by atoms with Crippen LogP contribution in [0.3, 0.4) is 0 Å². The maximum absolute atomic E-state index is 12.3. The molecule has 0 bridgehead atoms. The van der Waals surface area contributed by atoms with Crippen LogP contribution >= 0.6 is 0 Å². The molecule has 0 radical (unpaired) electrons. The lowest BCUT2D eigenvalue weighted by molar-refractivity contribution is 0.0693. The third-order valence-corrected chi connectivity index (χ3v) is 3.23. The van der Waals surface area contributed by atoms with E-state index in [0.717, 1.165) is 11.8 Å². The molecule has 1 aromatic heterocycles. The summed E-state index contributed by atoms with van der Waals surface area (Å²) in [5.74, 6) is -1.02. The molecular formula is C17H12O5. The minimum atomic E-state index is -1.33. The minimum absolute atomic E-state index is 0.137. The molecule has 1 N–H and O–H groups in total. The molecule has 0 amide bonds. The third kappa shape index (κ3) is 2.56. The molecule has 5 nitrogen and oxygen atoms in total. The molecule has 0 unspecified atom stereocenters. The number of carboxylic acid groups (broad SMARTS) is 1. The van der Waals surface area contributed by atoms with Crippen molar-refractivity contribution >= 4 is 16.9 Å². The fourth-order valence-corrected chi connectivity index (χ4v) is 2.15. The van der Waals surface area contributed by atoms with Crippen LogP contribution in [0.25, 0.3) is 11.0 Å². The second-order valence-corrected chi connectivity index (χ2v) is 4.69. The standard InChI is InChI=1S/C17H12O5/c18-16-12(17(19)20)10-22-14-8-4-7-13(15(14)16)21-9-11-5-2-1-3-6-11/h1-8,10H,9H2,(H,19,20). The van der Waals surface area contributed by atoms with E-state index in [1.165, 1.54) is 0 Å². The van der Waals surface area contributed by atoms with E-state index in [4.69, 9.17) is 14.3 Å². The smallest absolute Gasteiger partial charge is 0.342 e. The summed E-state index contributed by atoms with van der Waals surface area (Å²) in [7, 11) is 0. The Morgan fingerprint density at radius 3 is 2.59 bits per heavy atom. The molecular weight excluding hydrogens is 284 g/mol. The number of carbonyl (C=O) groups is 1. The summed E-state index contributed by atoms with van der Waals surface area (Å²) in [6.07, 6.45) is 0.952. The maximum atomic E-state index is 12.3. The van der Waals surface area contributed by atoms with Gasteiger partial charge in [0.05, 0.1) is 0 Å². The van der Waals surface area contributed by atoms with E-state index in [1.54, 1.807) is 18.2 Å². The maximum Gasteiger partial charge on any atom is 0.342 e. The topological polar surface area (TPSA) is 76.7 Å². The van der Waals surface area contributed by atoms with Gasteiger partial charge in [0, 0.05) is 0 Å². The zero-order chi connectivity index (χ0) is 15.5. The summed E-state index contributed by atoms with van der Waals surface area (Å²) in [6, 6.07) is 14.4. The van der Waals surface area contributed by atoms with Gasteiger partial charge in [0.1, 0.15) is 35.2 Å². The predicted octanol–water partition coefficient (Wildman–Crippen LogP) is 3.07. The molecule has 3 rings (SSSR count). The summed E-state index contributed by atoms with van der Waals surface area (Å²) in [6.45, 7) is 0.274. The molecule has 0 saturated heterocycles. The highest BCUT2D eigenvalue weighted by molar-refractivity contribution is 5.93. The van der Waals surface area contributed by atoms with Crippen molar-refractivity contribution in [2.24, 2.45) is 0 Å². The zero-order valence-electron chi connectivity index (χ0n) is 11.5. The first-order valence-corrected chi connectivity index (χ1v) is 6.61. The van der Waals surface area contributed by atoms with Gasteiger partial charge in [-0.3, -0.25) is 4.79 Å². The Morgan fingerprint density at radius 1 is 1.09 bits per heavy atom. The summed E-state index contributed by atoms with van der Waals surface area (Å²) in [4.78, 5) is 23.3. The average Bonchev–Trinajstić information content (AvgIpc) is 2.53. The lowest BCUT2D eigenvalue weighted by Gasteiger charge is -2.08. The largest absolute Gasteiger partial charge is 0.488 e. The molecule has 1 heterocycles. The minimum Gasteiger partial charge on any atom is -0.488 e. The van der Waals surface area contributed by atoms with Crippen LogP contribution in [0.1, 0.15) is 15.9 Å². The Morgan fingerprint density at radius 2 is 1.86 bits per heavy atom. The quantitative estimate of drug-likeness (QED) is 0.800. The van der Waals surface area contributed by atoms with Gasteiger partial charge >= 0.3 is 5.97 Å². The number of hydrogen-bond donors (Lipinski definition) is 1. The molecule has 22 heavy (non-hydrogen) atoms. The molecule has 0 aliphatic heterocycles. The van der Waals surface area contributed by atoms with E-state index in [2.05, 4.69) is 0 Å². The summed E-state index contributed by atoms with van der Waals surface area (Å²) in [5.41, 5.74) is 0.208. The predicted molar refractivity (Wildman–Crippen MR) is 80.2 cm³/mol. The molecule has 0 saturated carbocycles. The van der Waals surface area contributed by atoms with Crippen molar-refractivity contribution in [3.8, 4) is 5.75 Å². The van der Waals surface area contributed by atoms with Gasteiger partial charge in [0.25, 0.3) is 0 Å². The normalized spacial score (nSPS) is 10.5. The number of carboxylic acids is 1. The van der Waals surface area contributed by atoms with Crippen LogP contribution < -0.4 is 10.2 Å². The highest BCUT2D eigenvalue weighted by atomic mass is 16.5. The van der Waals surface area contributed by atoms with Crippen molar-refractivity contribution in [2.45, 2.75) is 6.61 Å². The lowest BCUT2D eigenvalue weighted by atomic mass is 10.1. The van der Waals surface area contributed by atoms with E-state index < -0.39 is 17.0 Å². The molecule has 0 aliphatic carbocycles. The molecule has 0 spiro atoms. The summed E-state index contributed by atoms with van der Waals surface area (Å²) in [5, 5.41) is 9.16. The van der Waals surface area contributed by atoms with Crippen molar-refractivity contribution < 1.29 is 19.1 Å². The molecule has 0 fully saturated rings. The molecule has 5 heteroatoms. The van der Waals surface area contributed by atoms with Crippen molar-refractivity contribution in [3.05, 3.63) is 76.1 Å². The van der Waals surface area contributed by atoms with Crippen LogP contribution in [-0.2, 0) is 6.61 Å². The van der Waals surface area contributed by atoms with E-state index >= 15 is 0 Å². The van der Waals surface area contributed by atoms with Crippen molar-refractivity contribution in [1.29, 1.82) is 0 Å². The number of aromatic carboxylic acids is 1. The Bertz CT molecular complexity index is 880. The Balaban J connectivity index is 2.04. The molecule has 0 atom stereocenters. The summed E-state index contributed by atoms with van der Waals surface area (Å²) >= 11 is 0.